The van der Waals surface area contributed by atoms with Crippen molar-refractivity contribution in [2.24, 2.45) is 0 Å². The number of ether oxygens (including phenoxy) is 2. The molecular formula is C21H22N2O5S. The number of hydrogen-bond acceptors (Lipinski definition) is 5. The fourth-order valence-electron chi connectivity index (χ4n) is 2.85. The molecule has 0 atom stereocenters. The first-order chi connectivity index (χ1) is 13.9. The van der Waals surface area contributed by atoms with E-state index in [9.17, 15) is 13.2 Å². The number of nitrogens with one attached hydrogen (secondary N) is 2. The van der Waals surface area contributed by atoms with Crippen molar-refractivity contribution in [2.75, 3.05) is 23.3 Å². The van der Waals surface area contributed by atoms with Gasteiger partial charge in [0.2, 0.25) is 0 Å². The lowest BCUT2D eigenvalue weighted by Gasteiger charge is -2.15. The molecule has 3 aromatic carbocycles. The van der Waals surface area contributed by atoms with E-state index in [1.54, 1.807) is 26.0 Å². The molecule has 0 heterocycles. The smallest absolute Gasteiger partial charge is 0.411 e. The Labute approximate surface area is 169 Å². The van der Waals surface area contributed by atoms with Crippen molar-refractivity contribution in [3.05, 3.63) is 60.7 Å². The molecule has 1 amide bonds. The van der Waals surface area contributed by atoms with Gasteiger partial charge in [0.15, 0.2) is 0 Å². The SMILES string of the molecule is CCOC(=O)Nc1cc(S(=O)(=O)Nc2cccc3ccccc23)ccc1OCC. The van der Waals surface area contributed by atoms with E-state index >= 15 is 0 Å². The molecule has 0 radical (unpaired) electrons. The number of benzene rings is 3. The average molecular weight is 414 g/mol. The van der Waals surface area contributed by atoms with Crippen molar-refractivity contribution in [1.82, 2.24) is 0 Å². The Kier molecular flexibility index (Phi) is 6.23. The quantitative estimate of drug-likeness (QED) is 0.589. The molecule has 7 nitrogen and oxygen atoms in total. The number of carbonyl (C=O) groups excluding carboxylic acids is 1. The molecule has 0 unspecified atom stereocenters. The van der Waals surface area contributed by atoms with E-state index in [4.69, 9.17) is 9.47 Å². The predicted octanol–water partition coefficient (Wildman–Crippen LogP) is 4.61. The molecule has 0 spiro atoms. The molecule has 0 aliphatic carbocycles. The van der Waals surface area contributed by atoms with Crippen LogP contribution in [0.25, 0.3) is 10.8 Å². The maximum atomic E-state index is 13.0. The third kappa shape index (κ3) is 4.78. The van der Waals surface area contributed by atoms with Crippen molar-refractivity contribution >= 4 is 38.3 Å². The summed E-state index contributed by atoms with van der Waals surface area (Å²) in [6.07, 6.45) is -0.690. The van der Waals surface area contributed by atoms with Crippen LogP contribution < -0.4 is 14.8 Å². The molecule has 0 aliphatic heterocycles. The number of carbonyl (C=O) groups is 1. The van der Waals surface area contributed by atoms with Crippen LogP contribution in [-0.2, 0) is 14.8 Å². The Morgan fingerprint density at radius 2 is 1.69 bits per heavy atom. The standard InChI is InChI=1S/C21H22N2O5S/c1-3-27-20-13-12-16(14-19(20)22-21(24)28-4-2)29(25,26)23-18-11-7-9-15-8-5-6-10-17(15)18/h5-14,23H,3-4H2,1-2H3,(H,22,24). The van der Waals surface area contributed by atoms with Crippen LogP contribution in [0.2, 0.25) is 0 Å². The summed E-state index contributed by atoms with van der Waals surface area (Å²) in [6, 6.07) is 17.2. The maximum absolute atomic E-state index is 13.0. The van der Waals surface area contributed by atoms with E-state index in [1.807, 2.05) is 30.3 Å². The molecule has 152 valence electrons. The summed E-state index contributed by atoms with van der Waals surface area (Å²) in [5.74, 6) is 0.352. The van der Waals surface area contributed by atoms with Gasteiger partial charge >= 0.3 is 6.09 Å². The zero-order valence-corrected chi connectivity index (χ0v) is 17.0. The van der Waals surface area contributed by atoms with Crippen LogP contribution >= 0.6 is 0 Å². The third-order valence-electron chi connectivity index (χ3n) is 4.11. The molecule has 0 aromatic heterocycles. The monoisotopic (exact) mass is 414 g/mol. The Balaban J connectivity index is 1.96. The normalized spacial score (nSPS) is 11.1. The van der Waals surface area contributed by atoms with Gasteiger partial charge in [-0.15, -0.1) is 0 Å². The number of amides is 1. The van der Waals surface area contributed by atoms with E-state index in [-0.39, 0.29) is 17.2 Å². The molecule has 0 fully saturated rings. The summed E-state index contributed by atoms with van der Waals surface area (Å²) >= 11 is 0. The van der Waals surface area contributed by atoms with Crippen LogP contribution in [-0.4, -0.2) is 27.7 Å². The summed E-state index contributed by atoms with van der Waals surface area (Å²) in [4.78, 5) is 11.8. The number of anilines is 2. The van der Waals surface area contributed by atoms with Crippen molar-refractivity contribution < 1.29 is 22.7 Å². The van der Waals surface area contributed by atoms with Gasteiger partial charge in [0.05, 0.1) is 29.5 Å². The van der Waals surface area contributed by atoms with Crippen molar-refractivity contribution in [1.29, 1.82) is 0 Å². The zero-order chi connectivity index (χ0) is 20.9. The third-order valence-corrected chi connectivity index (χ3v) is 5.47. The minimum Gasteiger partial charge on any atom is -0.492 e. The van der Waals surface area contributed by atoms with E-state index in [1.165, 1.54) is 18.2 Å². The van der Waals surface area contributed by atoms with Crippen LogP contribution in [0, 0.1) is 0 Å². The van der Waals surface area contributed by atoms with E-state index < -0.39 is 16.1 Å². The van der Waals surface area contributed by atoms with Crippen LogP contribution in [0.5, 0.6) is 5.75 Å². The number of fused-ring (bicyclic) bond motifs is 1. The van der Waals surface area contributed by atoms with Gasteiger partial charge in [0.25, 0.3) is 10.0 Å². The molecule has 8 heteroatoms. The highest BCUT2D eigenvalue weighted by atomic mass is 32.2. The highest BCUT2D eigenvalue weighted by Crippen LogP contribution is 2.30. The largest absolute Gasteiger partial charge is 0.492 e. The van der Waals surface area contributed by atoms with Crippen LogP contribution in [0.15, 0.2) is 65.6 Å². The topological polar surface area (TPSA) is 93.7 Å². The Hall–Kier alpha value is -3.26. The summed E-state index contributed by atoms with van der Waals surface area (Å²) in [7, 11) is -3.90. The summed E-state index contributed by atoms with van der Waals surface area (Å²) in [5, 5.41) is 4.23. The highest BCUT2D eigenvalue weighted by Gasteiger charge is 2.19. The van der Waals surface area contributed by atoms with Gasteiger partial charge in [-0.3, -0.25) is 10.0 Å². The maximum Gasteiger partial charge on any atom is 0.411 e. The number of rotatable bonds is 7. The van der Waals surface area contributed by atoms with Gasteiger partial charge in [-0.2, -0.15) is 0 Å². The van der Waals surface area contributed by atoms with Crippen molar-refractivity contribution in [3.8, 4) is 5.75 Å². The first-order valence-corrected chi connectivity index (χ1v) is 10.6. The van der Waals surface area contributed by atoms with Crippen molar-refractivity contribution in [3.63, 3.8) is 0 Å². The summed E-state index contributed by atoms with van der Waals surface area (Å²) in [5.41, 5.74) is 0.683. The van der Waals surface area contributed by atoms with Gasteiger partial charge in [0, 0.05) is 5.39 Å². The van der Waals surface area contributed by atoms with Gasteiger partial charge in [-0.25, -0.2) is 13.2 Å². The molecule has 0 saturated carbocycles. The van der Waals surface area contributed by atoms with E-state index in [0.29, 0.717) is 18.0 Å². The Morgan fingerprint density at radius 3 is 2.45 bits per heavy atom. The minimum atomic E-state index is -3.90. The fraction of sp³-hybridized carbons (Fsp3) is 0.190. The van der Waals surface area contributed by atoms with E-state index in [0.717, 1.165) is 10.8 Å². The first kappa shape index (κ1) is 20.5. The highest BCUT2D eigenvalue weighted by molar-refractivity contribution is 7.92. The molecule has 0 saturated heterocycles. The van der Waals surface area contributed by atoms with Crippen LogP contribution in [0.1, 0.15) is 13.8 Å². The second-order valence-electron chi connectivity index (χ2n) is 6.07. The van der Waals surface area contributed by atoms with Gasteiger partial charge < -0.3 is 9.47 Å². The molecule has 2 N–H and O–H groups in total. The van der Waals surface area contributed by atoms with Gasteiger partial charge in [0.1, 0.15) is 5.75 Å². The fourth-order valence-corrected chi connectivity index (χ4v) is 3.96. The zero-order valence-electron chi connectivity index (χ0n) is 16.1. The molecule has 3 rings (SSSR count). The Bertz CT molecular complexity index is 1120. The van der Waals surface area contributed by atoms with Crippen LogP contribution in [0.4, 0.5) is 16.2 Å². The molecule has 29 heavy (non-hydrogen) atoms. The lowest BCUT2D eigenvalue weighted by molar-refractivity contribution is 0.167. The average Bonchev–Trinajstić information content (AvgIpc) is 2.69. The van der Waals surface area contributed by atoms with Crippen LogP contribution in [0.3, 0.4) is 0 Å². The second-order valence-corrected chi connectivity index (χ2v) is 7.75. The predicted molar refractivity (Wildman–Crippen MR) is 113 cm³/mol. The summed E-state index contributed by atoms with van der Waals surface area (Å²) < 4.78 is 38.9. The number of sulfonamides is 1. The molecule has 0 aliphatic rings. The molecule has 3 aromatic rings. The lowest BCUT2D eigenvalue weighted by atomic mass is 10.1. The number of hydrogen-bond donors (Lipinski definition) is 2. The summed E-state index contributed by atoms with van der Waals surface area (Å²) in [6.45, 7) is 4.02. The molecular weight excluding hydrogens is 392 g/mol. The van der Waals surface area contributed by atoms with Crippen molar-refractivity contribution in [2.45, 2.75) is 18.7 Å². The molecule has 0 bridgehead atoms. The lowest BCUT2D eigenvalue weighted by Crippen LogP contribution is -2.16. The first-order valence-electron chi connectivity index (χ1n) is 9.15. The Morgan fingerprint density at radius 1 is 0.931 bits per heavy atom. The van der Waals surface area contributed by atoms with E-state index in [2.05, 4.69) is 10.0 Å². The van der Waals surface area contributed by atoms with Gasteiger partial charge in [-0.05, 0) is 43.5 Å². The van der Waals surface area contributed by atoms with Gasteiger partial charge in [-0.1, -0.05) is 36.4 Å². The second kappa shape index (κ2) is 8.83. The minimum absolute atomic E-state index is 0.0133.